The lowest BCUT2D eigenvalue weighted by Crippen LogP contribution is -2.42. The SMILES string of the molecule is CCNC1CCC(CC)CC1Sc1ncc(C)cn1. The predicted molar refractivity (Wildman–Crippen MR) is 81.5 cm³/mol. The largest absolute Gasteiger partial charge is 0.313 e. The van der Waals surface area contributed by atoms with Crippen molar-refractivity contribution in [2.24, 2.45) is 5.92 Å². The fourth-order valence-corrected chi connectivity index (χ4v) is 4.05. The molecule has 0 saturated heterocycles. The second-order valence-corrected chi connectivity index (χ2v) is 6.66. The van der Waals surface area contributed by atoms with Crippen molar-refractivity contribution in [2.45, 2.75) is 62.9 Å². The summed E-state index contributed by atoms with van der Waals surface area (Å²) in [6.45, 7) is 7.58. The highest BCUT2D eigenvalue weighted by molar-refractivity contribution is 7.99. The first-order chi connectivity index (χ1) is 9.22. The molecule has 0 bridgehead atoms. The zero-order valence-corrected chi connectivity index (χ0v) is 13.0. The molecule has 0 radical (unpaired) electrons. The zero-order chi connectivity index (χ0) is 13.7. The first kappa shape index (κ1) is 14.8. The molecule has 3 atom stereocenters. The average molecular weight is 279 g/mol. The molecule has 1 heterocycles. The van der Waals surface area contributed by atoms with Crippen LogP contribution in [0.5, 0.6) is 0 Å². The van der Waals surface area contributed by atoms with E-state index in [0.29, 0.717) is 11.3 Å². The number of rotatable bonds is 5. The van der Waals surface area contributed by atoms with E-state index >= 15 is 0 Å². The topological polar surface area (TPSA) is 37.8 Å². The molecule has 1 saturated carbocycles. The Bertz CT molecular complexity index is 379. The molecule has 4 heteroatoms. The van der Waals surface area contributed by atoms with Gasteiger partial charge >= 0.3 is 0 Å². The molecule has 1 aliphatic rings. The molecule has 106 valence electrons. The standard InChI is InChI=1S/C15H25N3S/c1-4-12-6-7-13(16-5-2)14(8-12)19-15-17-9-11(3)10-18-15/h9-10,12-14,16H,4-8H2,1-3H3. The van der Waals surface area contributed by atoms with Crippen molar-refractivity contribution in [3.63, 3.8) is 0 Å². The number of aromatic nitrogens is 2. The molecule has 1 aromatic heterocycles. The van der Waals surface area contributed by atoms with Gasteiger partial charge in [0.25, 0.3) is 0 Å². The summed E-state index contributed by atoms with van der Waals surface area (Å²) < 4.78 is 0. The van der Waals surface area contributed by atoms with Crippen LogP contribution in [0.15, 0.2) is 17.6 Å². The van der Waals surface area contributed by atoms with Gasteiger partial charge in [0, 0.05) is 23.7 Å². The quantitative estimate of drug-likeness (QED) is 0.838. The van der Waals surface area contributed by atoms with Crippen LogP contribution < -0.4 is 5.32 Å². The van der Waals surface area contributed by atoms with Gasteiger partial charge in [-0.2, -0.15) is 0 Å². The van der Waals surface area contributed by atoms with Crippen LogP contribution >= 0.6 is 11.8 Å². The summed E-state index contributed by atoms with van der Waals surface area (Å²) in [7, 11) is 0. The van der Waals surface area contributed by atoms with Gasteiger partial charge in [0.2, 0.25) is 0 Å². The van der Waals surface area contributed by atoms with Crippen LogP contribution in [0.25, 0.3) is 0 Å². The molecular formula is C15H25N3S. The van der Waals surface area contributed by atoms with Gasteiger partial charge < -0.3 is 5.32 Å². The monoisotopic (exact) mass is 279 g/mol. The summed E-state index contributed by atoms with van der Waals surface area (Å²) in [4.78, 5) is 8.88. The Kier molecular flexibility index (Phi) is 5.64. The number of aryl methyl sites for hydroxylation is 1. The van der Waals surface area contributed by atoms with Gasteiger partial charge in [-0.1, -0.05) is 32.0 Å². The van der Waals surface area contributed by atoms with Crippen molar-refractivity contribution < 1.29 is 0 Å². The minimum absolute atomic E-state index is 0.612. The molecule has 1 fully saturated rings. The molecule has 0 amide bonds. The van der Waals surface area contributed by atoms with E-state index < -0.39 is 0 Å². The normalized spacial score (nSPS) is 27.4. The van der Waals surface area contributed by atoms with Gasteiger partial charge in [0.05, 0.1) is 0 Å². The molecule has 0 spiro atoms. The minimum Gasteiger partial charge on any atom is -0.313 e. The van der Waals surface area contributed by atoms with Crippen molar-refractivity contribution in [1.82, 2.24) is 15.3 Å². The van der Waals surface area contributed by atoms with Gasteiger partial charge in [0.15, 0.2) is 5.16 Å². The molecule has 0 aliphatic heterocycles. The van der Waals surface area contributed by atoms with E-state index in [-0.39, 0.29) is 0 Å². The van der Waals surface area contributed by atoms with Crippen LogP contribution in [0.3, 0.4) is 0 Å². The molecule has 0 aromatic carbocycles. The molecule has 3 nitrogen and oxygen atoms in total. The van der Waals surface area contributed by atoms with E-state index in [0.717, 1.165) is 23.2 Å². The van der Waals surface area contributed by atoms with Gasteiger partial charge in [0.1, 0.15) is 0 Å². The van der Waals surface area contributed by atoms with Crippen molar-refractivity contribution in [1.29, 1.82) is 0 Å². The number of hydrogen-bond donors (Lipinski definition) is 1. The van der Waals surface area contributed by atoms with Crippen LogP contribution in [0, 0.1) is 12.8 Å². The second kappa shape index (κ2) is 7.25. The van der Waals surface area contributed by atoms with E-state index in [4.69, 9.17) is 0 Å². The van der Waals surface area contributed by atoms with Crippen LogP contribution in [-0.2, 0) is 0 Å². The number of thioether (sulfide) groups is 1. The highest BCUT2D eigenvalue weighted by Crippen LogP contribution is 2.36. The number of hydrogen-bond acceptors (Lipinski definition) is 4. The van der Waals surface area contributed by atoms with Crippen molar-refractivity contribution in [3.05, 3.63) is 18.0 Å². The summed E-state index contributed by atoms with van der Waals surface area (Å²) in [5.41, 5.74) is 1.13. The van der Waals surface area contributed by atoms with E-state index in [1.807, 2.05) is 31.1 Å². The minimum atomic E-state index is 0.612. The Morgan fingerprint density at radius 2 is 2.00 bits per heavy atom. The summed E-state index contributed by atoms with van der Waals surface area (Å²) >= 11 is 1.86. The molecule has 19 heavy (non-hydrogen) atoms. The molecule has 3 unspecified atom stereocenters. The number of nitrogens with one attached hydrogen (secondary N) is 1. The van der Waals surface area contributed by atoms with Gasteiger partial charge in [-0.15, -0.1) is 0 Å². The predicted octanol–water partition coefficient (Wildman–Crippen LogP) is 3.43. The summed E-state index contributed by atoms with van der Waals surface area (Å²) in [6.07, 6.45) is 9.06. The van der Waals surface area contributed by atoms with Gasteiger partial charge in [-0.3, -0.25) is 0 Å². The van der Waals surface area contributed by atoms with E-state index in [9.17, 15) is 0 Å². The smallest absolute Gasteiger partial charge is 0.187 e. The molecule has 1 aliphatic carbocycles. The zero-order valence-electron chi connectivity index (χ0n) is 12.2. The maximum atomic E-state index is 4.44. The van der Waals surface area contributed by atoms with Crippen molar-refractivity contribution >= 4 is 11.8 Å². The van der Waals surface area contributed by atoms with Crippen LogP contribution in [0.1, 0.15) is 45.1 Å². The summed E-state index contributed by atoms with van der Waals surface area (Å²) in [5, 5.41) is 5.17. The molecule has 2 rings (SSSR count). The van der Waals surface area contributed by atoms with Crippen LogP contribution in [0.2, 0.25) is 0 Å². The average Bonchev–Trinajstić information content (AvgIpc) is 2.43. The lowest BCUT2D eigenvalue weighted by atomic mass is 9.84. The van der Waals surface area contributed by atoms with Crippen molar-refractivity contribution in [2.75, 3.05) is 6.54 Å². The molecular weight excluding hydrogens is 254 g/mol. The summed E-state index contributed by atoms with van der Waals surface area (Å²) in [6, 6.07) is 0.614. The first-order valence-corrected chi connectivity index (χ1v) is 8.29. The first-order valence-electron chi connectivity index (χ1n) is 7.41. The van der Waals surface area contributed by atoms with E-state index in [2.05, 4.69) is 29.1 Å². The third-order valence-corrected chi connectivity index (χ3v) is 5.20. The summed E-state index contributed by atoms with van der Waals surface area (Å²) in [5.74, 6) is 0.873. The Morgan fingerprint density at radius 1 is 1.26 bits per heavy atom. The lowest BCUT2D eigenvalue weighted by Gasteiger charge is -2.35. The molecule has 1 N–H and O–H groups in total. The Balaban J connectivity index is 2.02. The van der Waals surface area contributed by atoms with Crippen molar-refractivity contribution in [3.8, 4) is 0 Å². The highest BCUT2D eigenvalue weighted by atomic mass is 32.2. The van der Waals surface area contributed by atoms with Gasteiger partial charge in [-0.25, -0.2) is 9.97 Å². The Morgan fingerprint density at radius 3 is 2.63 bits per heavy atom. The van der Waals surface area contributed by atoms with Crippen LogP contribution in [-0.4, -0.2) is 27.8 Å². The highest BCUT2D eigenvalue weighted by Gasteiger charge is 2.30. The Hall–Kier alpha value is -0.610. The molecule has 1 aromatic rings. The third-order valence-electron chi connectivity index (χ3n) is 3.96. The maximum absolute atomic E-state index is 4.44. The number of nitrogens with zero attached hydrogens (tertiary/aromatic N) is 2. The lowest BCUT2D eigenvalue weighted by molar-refractivity contribution is 0.297. The second-order valence-electron chi connectivity index (χ2n) is 5.45. The third kappa shape index (κ3) is 4.18. The van der Waals surface area contributed by atoms with E-state index in [1.54, 1.807) is 0 Å². The fraction of sp³-hybridized carbons (Fsp3) is 0.733. The Labute approximate surface area is 121 Å². The maximum Gasteiger partial charge on any atom is 0.187 e. The van der Waals surface area contributed by atoms with Crippen LogP contribution in [0.4, 0.5) is 0 Å². The van der Waals surface area contributed by atoms with Gasteiger partial charge in [-0.05, 0) is 44.2 Å². The van der Waals surface area contributed by atoms with E-state index in [1.165, 1.54) is 25.7 Å². The fourth-order valence-electron chi connectivity index (χ4n) is 2.79.